The highest BCUT2D eigenvalue weighted by Crippen LogP contribution is 2.41. The number of hydrogen-bond acceptors (Lipinski definition) is 3. The van der Waals surface area contributed by atoms with E-state index >= 15 is 0 Å². The molecule has 1 saturated carbocycles. The Morgan fingerprint density at radius 3 is 2.33 bits per heavy atom. The highest BCUT2D eigenvalue weighted by molar-refractivity contribution is 5.85. The molecule has 0 radical (unpaired) electrons. The Bertz CT molecular complexity index is 319. The summed E-state index contributed by atoms with van der Waals surface area (Å²) in [5, 5.41) is 6.66. The van der Waals surface area contributed by atoms with Gasteiger partial charge in [0.1, 0.15) is 0 Å². The van der Waals surface area contributed by atoms with Gasteiger partial charge < -0.3 is 15.4 Å². The SMILES string of the molecule is CCC1(C(=O)NCC2(COC)CCNCC2)CCCC1.Cl. The number of halogens is 1. The van der Waals surface area contributed by atoms with Gasteiger partial charge in [0, 0.05) is 24.5 Å². The average molecular weight is 319 g/mol. The van der Waals surface area contributed by atoms with Crippen molar-refractivity contribution in [1.82, 2.24) is 10.6 Å². The standard InChI is InChI=1S/C16H30N2O2.ClH/c1-3-16(6-4-5-7-16)14(19)18-12-15(13-20-2)8-10-17-11-9-15;/h17H,3-13H2,1-2H3,(H,18,19);1H. The zero-order valence-corrected chi connectivity index (χ0v) is 14.3. The molecule has 124 valence electrons. The van der Waals surface area contributed by atoms with Gasteiger partial charge in [0.25, 0.3) is 0 Å². The normalized spacial score (nSPS) is 23.3. The van der Waals surface area contributed by atoms with Crippen molar-refractivity contribution in [3.05, 3.63) is 0 Å². The van der Waals surface area contributed by atoms with Gasteiger partial charge in [-0.3, -0.25) is 4.79 Å². The third-order valence-corrected chi connectivity index (χ3v) is 5.46. The molecule has 0 unspecified atom stereocenters. The summed E-state index contributed by atoms with van der Waals surface area (Å²) < 4.78 is 5.41. The van der Waals surface area contributed by atoms with E-state index in [1.54, 1.807) is 7.11 Å². The summed E-state index contributed by atoms with van der Waals surface area (Å²) in [6.45, 7) is 5.72. The zero-order valence-electron chi connectivity index (χ0n) is 13.5. The Morgan fingerprint density at radius 2 is 1.81 bits per heavy atom. The first-order chi connectivity index (χ1) is 9.66. The molecule has 1 saturated heterocycles. The van der Waals surface area contributed by atoms with Crippen molar-refractivity contribution in [3.8, 4) is 0 Å². The van der Waals surface area contributed by atoms with Crippen LogP contribution in [0.15, 0.2) is 0 Å². The van der Waals surface area contributed by atoms with Crippen LogP contribution >= 0.6 is 12.4 Å². The molecule has 2 rings (SSSR count). The summed E-state index contributed by atoms with van der Waals surface area (Å²) >= 11 is 0. The number of piperidine rings is 1. The van der Waals surface area contributed by atoms with E-state index in [0.29, 0.717) is 0 Å². The topological polar surface area (TPSA) is 50.4 Å². The van der Waals surface area contributed by atoms with Crippen LogP contribution in [0.25, 0.3) is 0 Å². The molecule has 2 aliphatic rings. The first kappa shape index (κ1) is 18.7. The lowest BCUT2D eigenvalue weighted by Gasteiger charge is -2.38. The highest BCUT2D eigenvalue weighted by atomic mass is 35.5. The summed E-state index contributed by atoms with van der Waals surface area (Å²) in [6, 6.07) is 0. The van der Waals surface area contributed by atoms with Gasteiger partial charge in [-0.2, -0.15) is 0 Å². The zero-order chi connectivity index (χ0) is 14.5. The van der Waals surface area contributed by atoms with Gasteiger partial charge in [0.2, 0.25) is 5.91 Å². The molecule has 5 heteroatoms. The lowest BCUT2D eigenvalue weighted by molar-refractivity contribution is -0.132. The average Bonchev–Trinajstić information content (AvgIpc) is 2.96. The predicted molar refractivity (Wildman–Crippen MR) is 87.9 cm³/mol. The van der Waals surface area contributed by atoms with Crippen LogP contribution in [0.1, 0.15) is 51.9 Å². The molecule has 0 bridgehead atoms. The van der Waals surface area contributed by atoms with E-state index in [9.17, 15) is 4.79 Å². The van der Waals surface area contributed by atoms with Crippen molar-refractivity contribution in [2.45, 2.75) is 51.9 Å². The fraction of sp³-hybridized carbons (Fsp3) is 0.938. The Kier molecular flexibility index (Phi) is 7.45. The van der Waals surface area contributed by atoms with Crippen LogP contribution in [0.2, 0.25) is 0 Å². The van der Waals surface area contributed by atoms with Crippen molar-refractivity contribution in [2.24, 2.45) is 10.8 Å². The molecule has 0 atom stereocenters. The number of ether oxygens (including phenoxy) is 1. The second-order valence-electron chi connectivity index (χ2n) is 6.71. The number of carbonyl (C=O) groups is 1. The molecule has 1 heterocycles. The van der Waals surface area contributed by atoms with Gasteiger partial charge in [-0.05, 0) is 45.2 Å². The van der Waals surface area contributed by atoms with Crippen LogP contribution < -0.4 is 10.6 Å². The second-order valence-corrected chi connectivity index (χ2v) is 6.71. The number of methoxy groups -OCH3 is 1. The largest absolute Gasteiger partial charge is 0.384 e. The van der Waals surface area contributed by atoms with E-state index in [1.807, 2.05) is 0 Å². The Morgan fingerprint density at radius 1 is 1.19 bits per heavy atom. The van der Waals surface area contributed by atoms with E-state index in [0.717, 1.165) is 58.3 Å². The molecule has 2 fully saturated rings. The molecule has 0 spiro atoms. The third-order valence-electron chi connectivity index (χ3n) is 5.46. The first-order valence-electron chi connectivity index (χ1n) is 8.14. The van der Waals surface area contributed by atoms with Crippen LogP contribution in [0, 0.1) is 10.8 Å². The number of rotatable bonds is 6. The molecule has 1 aliphatic heterocycles. The maximum atomic E-state index is 12.6. The second kappa shape index (κ2) is 8.35. The van der Waals surface area contributed by atoms with Crippen molar-refractivity contribution in [2.75, 3.05) is 33.4 Å². The molecule has 4 nitrogen and oxygen atoms in total. The maximum absolute atomic E-state index is 12.6. The minimum Gasteiger partial charge on any atom is -0.384 e. The van der Waals surface area contributed by atoms with Crippen LogP contribution in [0.3, 0.4) is 0 Å². The molecule has 0 aromatic heterocycles. The van der Waals surface area contributed by atoms with Crippen molar-refractivity contribution in [1.29, 1.82) is 0 Å². The van der Waals surface area contributed by atoms with Gasteiger partial charge >= 0.3 is 0 Å². The molecule has 2 N–H and O–H groups in total. The van der Waals surface area contributed by atoms with E-state index in [2.05, 4.69) is 17.6 Å². The van der Waals surface area contributed by atoms with E-state index in [4.69, 9.17) is 4.74 Å². The van der Waals surface area contributed by atoms with Crippen LogP contribution in [-0.4, -0.2) is 39.3 Å². The molecule has 1 amide bonds. The lowest BCUT2D eigenvalue weighted by Crippen LogP contribution is -2.49. The fourth-order valence-corrected chi connectivity index (χ4v) is 3.88. The van der Waals surface area contributed by atoms with Gasteiger partial charge in [-0.15, -0.1) is 12.4 Å². The van der Waals surface area contributed by atoms with Crippen LogP contribution in [0.5, 0.6) is 0 Å². The van der Waals surface area contributed by atoms with Gasteiger partial charge in [0.05, 0.1) is 6.61 Å². The van der Waals surface area contributed by atoms with Crippen molar-refractivity contribution < 1.29 is 9.53 Å². The lowest BCUT2D eigenvalue weighted by atomic mass is 9.78. The number of carbonyl (C=O) groups excluding carboxylic acids is 1. The maximum Gasteiger partial charge on any atom is 0.226 e. The number of amides is 1. The van der Waals surface area contributed by atoms with E-state index in [-0.39, 0.29) is 29.1 Å². The molecule has 0 aromatic rings. The highest BCUT2D eigenvalue weighted by Gasteiger charge is 2.40. The first-order valence-corrected chi connectivity index (χ1v) is 8.14. The molecular weight excluding hydrogens is 288 g/mol. The van der Waals surface area contributed by atoms with Gasteiger partial charge in [-0.25, -0.2) is 0 Å². The Labute approximate surface area is 135 Å². The molecular formula is C16H31ClN2O2. The van der Waals surface area contributed by atoms with Gasteiger partial charge in [-0.1, -0.05) is 19.8 Å². The quantitative estimate of drug-likeness (QED) is 0.791. The minimum absolute atomic E-state index is 0. The summed E-state index contributed by atoms with van der Waals surface area (Å²) in [4.78, 5) is 12.6. The smallest absolute Gasteiger partial charge is 0.226 e. The van der Waals surface area contributed by atoms with Crippen molar-refractivity contribution >= 4 is 18.3 Å². The van der Waals surface area contributed by atoms with E-state index < -0.39 is 0 Å². The summed E-state index contributed by atoms with van der Waals surface area (Å²) in [5.74, 6) is 0.284. The predicted octanol–water partition coefficient (Wildman–Crippen LogP) is 2.51. The number of nitrogens with one attached hydrogen (secondary N) is 2. The molecule has 21 heavy (non-hydrogen) atoms. The van der Waals surface area contributed by atoms with Crippen molar-refractivity contribution in [3.63, 3.8) is 0 Å². The molecule has 1 aliphatic carbocycles. The van der Waals surface area contributed by atoms with Gasteiger partial charge in [0.15, 0.2) is 0 Å². The molecule has 0 aromatic carbocycles. The Balaban J connectivity index is 0.00000220. The van der Waals surface area contributed by atoms with Crippen LogP contribution in [0.4, 0.5) is 0 Å². The monoisotopic (exact) mass is 318 g/mol. The summed E-state index contributed by atoms with van der Waals surface area (Å²) in [5.41, 5.74) is 0.0460. The number of hydrogen-bond donors (Lipinski definition) is 2. The Hall–Kier alpha value is -0.320. The van der Waals surface area contributed by atoms with E-state index in [1.165, 1.54) is 12.8 Å². The van der Waals surface area contributed by atoms with Crippen LogP contribution in [-0.2, 0) is 9.53 Å². The fourth-order valence-electron chi connectivity index (χ4n) is 3.88. The third kappa shape index (κ3) is 4.33. The summed E-state index contributed by atoms with van der Waals surface area (Å²) in [7, 11) is 1.76. The summed E-state index contributed by atoms with van der Waals surface area (Å²) in [6.07, 6.45) is 7.67. The minimum atomic E-state index is -0.0822.